The third-order valence-corrected chi connectivity index (χ3v) is 5.77. The smallest absolute Gasteiger partial charge is 0.0859 e. The van der Waals surface area contributed by atoms with Crippen LogP contribution in [0, 0.1) is 11.8 Å². The molecule has 0 saturated heterocycles. The molecule has 0 nitrogen and oxygen atoms in total. The molecular formula is C14H18Si. The van der Waals surface area contributed by atoms with E-state index in [1.807, 2.05) is 13.0 Å². The van der Waals surface area contributed by atoms with Gasteiger partial charge in [0.15, 0.2) is 0 Å². The van der Waals surface area contributed by atoms with Crippen LogP contribution < -0.4 is 5.19 Å². The van der Waals surface area contributed by atoms with Gasteiger partial charge in [-0.25, -0.2) is 0 Å². The molecule has 0 heterocycles. The van der Waals surface area contributed by atoms with Crippen LogP contribution in [0.4, 0.5) is 0 Å². The fourth-order valence-corrected chi connectivity index (χ4v) is 4.15. The molecule has 15 heavy (non-hydrogen) atoms. The molecule has 1 heteroatoms. The summed E-state index contributed by atoms with van der Waals surface area (Å²) in [6.07, 6.45) is 2.03. The summed E-state index contributed by atoms with van der Waals surface area (Å²) in [6, 6.07) is 9.60. The normalized spacial score (nSPS) is 10.3. The molecule has 0 fully saturated rings. The van der Waals surface area contributed by atoms with Crippen molar-refractivity contribution < 1.29 is 0 Å². The van der Waals surface area contributed by atoms with Crippen LogP contribution in [0.3, 0.4) is 0 Å². The number of rotatable bonds is 3. The number of hydrogen-bond acceptors (Lipinski definition) is 0. The Bertz CT molecular complexity index is 405. The van der Waals surface area contributed by atoms with E-state index in [-0.39, 0.29) is 0 Å². The zero-order chi connectivity index (χ0) is 11.3. The maximum absolute atomic E-state index is 3.85. The highest BCUT2D eigenvalue weighted by atomic mass is 28.3. The first-order chi connectivity index (χ1) is 7.11. The van der Waals surface area contributed by atoms with Gasteiger partial charge in [-0.2, -0.15) is 0 Å². The van der Waals surface area contributed by atoms with E-state index in [2.05, 4.69) is 55.8 Å². The lowest BCUT2D eigenvalue weighted by molar-refractivity contribution is 1.53. The van der Waals surface area contributed by atoms with Crippen LogP contribution in [-0.4, -0.2) is 8.07 Å². The second kappa shape index (κ2) is 5.00. The van der Waals surface area contributed by atoms with Gasteiger partial charge in [0.1, 0.15) is 0 Å². The molecule has 1 aromatic rings. The van der Waals surface area contributed by atoms with Gasteiger partial charge in [-0.1, -0.05) is 43.3 Å². The van der Waals surface area contributed by atoms with Crippen LogP contribution in [0.15, 0.2) is 36.9 Å². The van der Waals surface area contributed by atoms with Crippen LogP contribution in [0.25, 0.3) is 0 Å². The van der Waals surface area contributed by atoms with E-state index in [0.29, 0.717) is 0 Å². The summed E-state index contributed by atoms with van der Waals surface area (Å²) in [6.45, 7) is 10.5. The number of benzene rings is 1. The Morgan fingerprint density at radius 1 is 1.33 bits per heavy atom. The molecule has 0 atom stereocenters. The van der Waals surface area contributed by atoms with E-state index < -0.39 is 8.07 Å². The van der Waals surface area contributed by atoms with Crippen LogP contribution in [0.1, 0.15) is 12.5 Å². The first kappa shape index (κ1) is 11.8. The van der Waals surface area contributed by atoms with Crippen molar-refractivity contribution in [2.24, 2.45) is 0 Å². The lowest BCUT2D eigenvalue weighted by atomic mass is 10.2. The summed E-state index contributed by atoms with van der Waals surface area (Å²) in [7, 11) is -1.38. The zero-order valence-electron chi connectivity index (χ0n) is 9.80. The van der Waals surface area contributed by atoms with Crippen LogP contribution >= 0.6 is 0 Å². The predicted octanol–water partition coefficient (Wildman–Crippen LogP) is 3.16. The highest BCUT2D eigenvalue weighted by Gasteiger charge is 2.23. The number of hydrogen-bond donors (Lipinski definition) is 0. The van der Waals surface area contributed by atoms with Crippen molar-refractivity contribution >= 4 is 13.3 Å². The van der Waals surface area contributed by atoms with Gasteiger partial charge in [0.2, 0.25) is 0 Å². The van der Waals surface area contributed by atoms with Crippen molar-refractivity contribution in [3.05, 3.63) is 42.5 Å². The SMILES string of the molecule is C=CC[Si](C)(C)c1ccccc1C#CC. The highest BCUT2D eigenvalue weighted by molar-refractivity contribution is 6.90. The molecule has 0 radical (unpaired) electrons. The molecular weight excluding hydrogens is 196 g/mol. The minimum absolute atomic E-state index is 1.11. The molecule has 0 saturated carbocycles. The zero-order valence-corrected chi connectivity index (χ0v) is 10.8. The Labute approximate surface area is 94.0 Å². The van der Waals surface area contributed by atoms with Crippen LogP contribution in [-0.2, 0) is 0 Å². The predicted molar refractivity (Wildman–Crippen MR) is 71.1 cm³/mol. The molecule has 0 amide bonds. The minimum atomic E-state index is -1.38. The van der Waals surface area contributed by atoms with E-state index in [4.69, 9.17) is 0 Å². The summed E-state index contributed by atoms with van der Waals surface area (Å²) < 4.78 is 0. The maximum atomic E-state index is 3.85. The molecule has 0 aromatic heterocycles. The standard InChI is InChI=1S/C14H18Si/c1-5-9-13-10-7-8-11-14(13)15(3,4)12-6-2/h6-8,10-11H,2,12H2,1,3-4H3. The number of allylic oxidation sites excluding steroid dienone is 1. The van der Waals surface area contributed by atoms with E-state index in [1.54, 1.807) is 0 Å². The molecule has 0 aliphatic rings. The molecule has 0 aliphatic heterocycles. The Hall–Kier alpha value is -1.26. The molecule has 0 unspecified atom stereocenters. The lowest BCUT2D eigenvalue weighted by Crippen LogP contribution is -2.42. The van der Waals surface area contributed by atoms with Crippen LogP contribution in [0.2, 0.25) is 19.1 Å². The van der Waals surface area contributed by atoms with Gasteiger partial charge >= 0.3 is 0 Å². The second-order valence-corrected chi connectivity index (χ2v) is 9.01. The Morgan fingerprint density at radius 3 is 2.60 bits per heavy atom. The average molecular weight is 214 g/mol. The fourth-order valence-electron chi connectivity index (χ4n) is 1.79. The average Bonchev–Trinajstić information content (AvgIpc) is 2.19. The third-order valence-electron chi connectivity index (χ3n) is 2.57. The van der Waals surface area contributed by atoms with Crippen molar-refractivity contribution in [3.63, 3.8) is 0 Å². The van der Waals surface area contributed by atoms with E-state index in [1.165, 1.54) is 10.8 Å². The van der Waals surface area contributed by atoms with Crippen LogP contribution in [0.5, 0.6) is 0 Å². The monoisotopic (exact) mass is 214 g/mol. The molecule has 0 spiro atoms. The first-order valence-corrected chi connectivity index (χ1v) is 8.45. The molecule has 0 bridgehead atoms. The minimum Gasteiger partial charge on any atom is -0.103 e. The molecule has 78 valence electrons. The summed E-state index contributed by atoms with van der Waals surface area (Å²) in [4.78, 5) is 0. The van der Waals surface area contributed by atoms with Gasteiger partial charge in [0, 0.05) is 5.56 Å². The largest absolute Gasteiger partial charge is 0.103 e. The van der Waals surface area contributed by atoms with Crippen molar-refractivity contribution in [3.8, 4) is 11.8 Å². The van der Waals surface area contributed by atoms with Gasteiger partial charge in [-0.15, -0.1) is 12.5 Å². The lowest BCUT2D eigenvalue weighted by Gasteiger charge is -2.22. The molecule has 0 aliphatic carbocycles. The Kier molecular flexibility index (Phi) is 3.93. The van der Waals surface area contributed by atoms with Gasteiger partial charge in [0.05, 0.1) is 8.07 Å². The highest BCUT2D eigenvalue weighted by Crippen LogP contribution is 2.12. The van der Waals surface area contributed by atoms with Crippen molar-refractivity contribution in [2.75, 3.05) is 0 Å². The maximum Gasteiger partial charge on any atom is 0.0859 e. The molecule has 1 aromatic carbocycles. The fraction of sp³-hybridized carbons (Fsp3) is 0.286. The Balaban J connectivity index is 3.21. The van der Waals surface area contributed by atoms with E-state index in [0.717, 1.165) is 6.04 Å². The van der Waals surface area contributed by atoms with Gasteiger partial charge in [-0.05, 0) is 24.2 Å². The van der Waals surface area contributed by atoms with Crippen molar-refractivity contribution in [2.45, 2.75) is 26.1 Å². The summed E-state index contributed by atoms with van der Waals surface area (Å²) in [5.74, 6) is 6.18. The van der Waals surface area contributed by atoms with E-state index in [9.17, 15) is 0 Å². The summed E-state index contributed by atoms with van der Waals surface area (Å²) in [5.41, 5.74) is 1.19. The van der Waals surface area contributed by atoms with Crippen molar-refractivity contribution in [1.82, 2.24) is 0 Å². The molecule has 1 rings (SSSR count). The molecule has 0 N–H and O–H groups in total. The third kappa shape index (κ3) is 2.84. The quantitative estimate of drug-likeness (QED) is 0.412. The second-order valence-electron chi connectivity index (χ2n) is 4.30. The first-order valence-electron chi connectivity index (χ1n) is 5.25. The van der Waals surface area contributed by atoms with Gasteiger partial charge < -0.3 is 0 Å². The van der Waals surface area contributed by atoms with Gasteiger partial charge in [-0.3, -0.25) is 0 Å². The topological polar surface area (TPSA) is 0 Å². The summed E-state index contributed by atoms with van der Waals surface area (Å²) in [5, 5.41) is 1.44. The van der Waals surface area contributed by atoms with Crippen molar-refractivity contribution in [1.29, 1.82) is 0 Å². The van der Waals surface area contributed by atoms with Gasteiger partial charge in [0.25, 0.3) is 0 Å². The summed E-state index contributed by atoms with van der Waals surface area (Å²) >= 11 is 0. The van der Waals surface area contributed by atoms with E-state index >= 15 is 0 Å². The Morgan fingerprint density at radius 2 is 2.00 bits per heavy atom.